The van der Waals surface area contributed by atoms with E-state index in [1.54, 1.807) is 12.1 Å². The van der Waals surface area contributed by atoms with Crippen LogP contribution in [-0.4, -0.2) is 41.0 Å². The van der Waals surface area contributed by atoms with E-state index in [9.17, 15) is 14.4 Å². The van der Waals surface area contributed by atoms with Gasteiger partial charge in [-0.2, -0.15) is 0 Å². The van der Waals surface area contributed by atoms with Gasteiger partial charge in [-0.1, -0.05) is 30.3 Å². The molecule has 1 heterocycles. The molecule has 0 aliphatic rings. The number of para-hydroxylation sites is 1. The van der Waals surface area contributed by atoms with E-state index in [1.165, 1.54) is 12.1 Å². The Hall–Kier alpha value is -3.61. The van der Waals surface area contributed by atoms with Gasteiger partial charge in [-0.05, 0) is 23.8 Å². The standard InChI is InChI=1S/C20H19N3O4/c24-18(11-13-12-23-17-8-4-3-5-14(13)17)21-9-10-22-19(25)15-6-1-2-7-16(15)20(26)27/h1-8,12,23H,9-11H2,(H,21,24)(H,22,25)(H,26,27). The van der Waals surface area contributed by atoms with Crippen molar-refractivity contribution in [1.82, 2.24) is 15.6 Å². The van der Waals surface area contributed by atoms with Crippen molar-refractivity contribution < 1.29 is 19.5 Å². The Morgan fingerprint density at radius 2 is 1.56 bits per heavy atom. The number of aromatic amines is 1. The van der Waals surface area contributed by atoms with Crippen LogP contribution in [-0.2, 0) is 11.2 Å². The van der Waals surface area contributed by atoms with Crippen molar-refractivity contribution in [2.24, 2.45) is 0 Å². The van der Waals surface area contributed by atoms with Gasteiger partial charge in [-0.25, -0.2) is 4.79 Å². The molecule has 0 atom stereocenters. The van der Waals surface area contributed by atoms with E-state index in [0.29, 0.717) is 0 Å². The summed E-state index contributed by atoms with van der Waals surface area (Å²) in [5, 5.41) is 15.5. The summed E-state index contributed by atoms with van der Waals surface area (Å²) in [4.78, 5) is 38.5. The van der Waals surface area contributed by atoms with Crippen LogP contribution in [0, 0.1) is 0 Å². The maximum absolute atomic E-state index is 12.1. The number of rotatable bonds is 7. The Kier molecular flexibility index (Phi) is 5.51. The largest absolute Gasteiger partial charge is 0.478 e. The highest BCUT2D eigenvalue weighted by molar-refractivity contribution is 6.04. The van der Waals surface area contributed by atoms with E-state index in [2.05, 4.69) is 15.6 Å². The summed E-state index contributed by atoms with van der Waals surface area (Å²) in [6, 6.07) is 13.7. The number of carbonyl (C=O) groups is 3. The molecule has 0 saturated heterocycles. The lowest BCUT2D eigenvalue weighted by molar-refractivity contribution is -0.120. The minimum atomic E-state index is -1.16. The number of benzene rings is 2. The lowest BCUT2D eigenvalue weighted by atomic mass is 10.1. The fraction of sp³-hybridized carbons (Fsp3) is 0.150. The van der Waals surface area contributed by atoms with E-state index < -0.39 is 11.9 Å². The maximum atomic E-state index is 12.1. The van der Waals surface area contributed by atoms with Crippen LogP contribution in [0.5, 0.6) is 0 Å². The number of carbonyl (C=O) groups excluding carboxylic acids is 2. The normalized spacial score (nSPS) is 10.5. The zero-order chi connectivity index (χ0) is 19.2. The van der Waals surface area contributed by atoms with Crippen LogP contribution >= 0.6 is 0 Å². The fourth-order valence-corrected chi connectivity index (χ4v) is 2.85. The monoisotopic (exact) mass is 365 g/mol. The molecular formula is C20H19N3O4. The lowest BCUT2D eigenvalue weighted by Gasteiger charge is -2.09. The van der Waals surface area contributed by atoms with Gasteiger partial charge in [0.1, 0.15) is 0 Å². The molecule has 138 valence electrons. The molecule has 0 fully saturated rings. The smallest absolute Gasteiger partial charge is 0.336 e. The number of amides is 2. The quantitative estimate of drug-likeness (QED) is 0.480. The van der Waals surface area contributed by atoms with Gasteiger partial charge in [0.2, 0.25) is 5.91 Å². The number of aromatic nitrogens is 1. The first kappa shape index (κ1) is 18.2. The summed E-state index contributed by atoms with van der Waals surface area (Å²) >= 11 is 0. The van der Waals surface area contributed by atoms with E-state index in [1.807, 2.05) is 30.5 Å². The molecular weight excluding hydrogens is 346 g/mol. The zero-order valence-electron chi connectivity index (χ0n) is 14.5. The minimum Gasteiger partial charge on any atom is -0.478 e. The molecule has 2 aromatic carbocycles. The van der Waals surface area contributed by atoms with E-state index in [4.69, 9.17) is 5.11 Å². The Morgan fingerprint density at radius 3 is 2.33 bits per heavy atom. The molecule has 4 N–H and O–H groups in total. The summed E-state index contributed by atoms with van der Waals surface area (Å²) in [7, 11) is 0. The molecule has 0 aliphatic carbocycles. The van der Waals surface area contributed by atoms with Crippen LogP contribution in [0.15, 0.2) is 54.7 Å². The van der Waals surface area contributed by atoms with Crippen LogP contribution in [0.1, 0.15) is 26.3 Å². The number of hydrogen-bond donors (Lipinski definition) is 4. The van der Waals surface area contributed by atoms with Gasteiger partial charge < -0.3 is 20.7 Å². The van der Waals surface area contributed by atoms with E-state index in [-0.39, 0.29) is 36.5 Å². The third-order valence-corrected chi connectivity index (χ3v) is 4.16. The number of fused-ring (bicyclic) bond motifs is 1. The van der Waals surface area contributed by atoms with Gasteiger partial charge in [0.05, 0.1) is 17.5 Å². The first-order valence-corrected chi connectivity index (χ1v) is 8.48. The van der Waals surface area contributed by atoms with E-state index >= 15 is 0 Å². The molecule has 3 rings (SSSR count). The highest BCUT2D eigenvalue weighted by atomic mass is 16.4. The Balaban J connectivity index is 1.48. The number of carboxylic acids is 1. The van der Waals surface area contributed by atoms with Crippen molar-refractivity contribution in [2.75, 3.05) is 13.1 Å². The van der Waals surface area contributed by atoms with Crippen molar-refractivity contribution in [1.29, 1.82) is 0 Å². The van der Waals surface area contributed by atoms with Crippen molar-refractivity contribution in [3.8, 4) is 0 Å². The van der Waals surface area contributed by atoms with Gasteiger partial charge in [-0.3, -0.25) is 9.59 Å². The maximum Gasteiger partial charge on any atom is 0.336 e. The van der Waals surface area contributed by atoms with E-state index in [0.717, 1.165) is 16.5 Å². The van der Waals surface area contributed by atoms with Crippen molar-refractivity contribution in [3.63, 3.8) is 0 Å². The Morgan fingerprint density at radius 1 is 0.889 bits per heavy atom. The van der Waals surface area contributed by atoms with Crippen LogP contribution < -0.4 is 10.6 Å². The molecule has 0 aliphatic heterocycles. The molecule has 2 amide bonds. The Labute approximate surface area is 155 Å². The van der Waals surface area contributed by atoms with Gasteiger partial charge in [0.25, 0.3) is 5.91 Å². The number of H-pyrrole nitrogens is 1. The fourth-order valence-electron chi connectivity index (χ4n) is 2.85. The third kappa shape index (κ3) is 4.33. The van der Waals surface area contributed by atoms with Crippen LogP contribution in [0.25, 0.3) is 10.9 Å². The van der Waals surface area contributed by atoms with Gasteiger partial charge >= 0.3 is 5.97 Å². The third-order valence-electron chi connectivity index (χ3n) is 4.16. The van der Waals surface area contributed by atoms with Gasteiger partial charge in [0, 0.05) is 30.2 Å². The molecule has 27 heavy (non-hydrogen) atoms. The highest BCUT2D eigenvalue weighted by Gasteiger charge is 2.15. The summed E-state index contributed by atoms with van der Waals surface area (Å²) in [5.74, 6) is -1.80. The number of nitrogens with one attached hydrogen (secondary N) is 3. The molecule has 0 spiro atoms. The van der Waals surface area contributed by atoms with Crippen molar-refractivity contribution in [3.05, 3.63) is 71.4 Å². The summed E-state index contributed by atoms with van der Waals surface area (Å²) < 4.78 is 0. The van der Waals surface area contributed by atoms with Crippen LogP contribution in [0.2, 0.25) is 0 Å². The molecule has 0 radical (unpaired) electrons. The first-order chi connectivity index (χ1) is 13.1. The van der Waals surface area contributed by atoms with Crippen LogP contribution in [0.4, 0.5) is 0 Å². The number of hydrogen-bond acceptors (Lipinski definition) is 3. The summed E-state index contributed by atoms with van der Waals surface area (Å²) in [6.45, 7) is 0.453. The summed E-state index contributed by atoms with van der Waals surface area (Å²) in [5.41, 5.74) is 1.92. The zero-order valence-corrected chi connectivity index (χ0v) is 14.5. The second-order valence-electron chi connectivity index (χ2n) is 5.99. The first-order valence-electron chi connectivity index (χ1n) is 8.48. The van der Waals surface area contributed by atoms with Gasteiger partial charge in [-0.15, -0.1) is 0 Å². The van der Waals surface area contributed by atoms with Crippen LogP contribution in [0.3, 0.4) is 0 Å². The number of carboxylic acid groups (broad SMARTS) is 1. The molecule has 0 bridgehead atoms. The second-order valence-corrected chi connectivity index (χ2v) is 5.99. The minimum absolute atomic E-state index is 0.0571. The van der Waals surface area contributed by atoms with Gasteiger partial charge in [0.15, 0.2) is 0 Å². The summed E-state index contributed by atoms with van der Waals surface area (Å²) in [6.07, 6.45) is 2.05. The topological polar surface area (TPSA) is 111 Å². The average molecular weight is 365 g/mol. The predicted octanol–water partition coefficient (Wildman–Crippen LogP) is 1.95. The average Bonchev–Trinajstić information content (AvgIpc) is 3.08. The molecule has 7 heteroatoms. The number of aromatic carboxylic acids is 1. The molecule has 0 unspecified atom stereocenters. The molecule has 7 nitrogen and oxygen atoms in total. The Bertz CT molecular complexity index is 994. The SMILES string of the molecule is O=C(Cc1c[nH]c2ccccc12)NCCNC(=O)c1ccccc1C(=O)O. The molecule has 1 aromatic heterocycles. The molecule has 0 saturated carbocycles. The van der Waals surface area contributed by atoms with Crippen molar-refractivity contribution >= 4 is 28.7 Å². The highest BCUT2D eigenvalue weighted by Crippen LogP contribution is 2.17. The molecule has 3 aromatic rings. The van der Waals surface area contributed by atoms with Crippen molar-refractivity contribution in [2.45, 2.75) is 6.42 Å². The predicted molar refractivity (Wildman–Crippen MR) is 101 cm³/mol. The second kappa shape index (κ2) is 8.18. The lowest BCUT2D eigenvalue weighted by Crippen LogP contribution is -2.35.